The van der Waals surface area contributed by atoms with Gasteiger partial charge in [-0.15, -0.1) is 11.3 Å². The Morgan fingerprint density at radius 3 is 3.04 bits per heavy atom. The number of rotatable bonds is 4. The number of aryl methyl sites for hydroxylation is 2. The Hall–Kier alpha value is -1.85. The second-order valence-electron chi connectivity index (χ2n) is 6.20. The van der Waals surface area contributed by atoms with Crippen molar-refractivity contribution in [1.29, 1.82) is 0 Å². The van der Waals surface area contributed by atoms with Crippen molar-refractivity contribution < 1.29 is 4.79 Å². The molecule has 3 nitrogen and oxygen atoms in total. The zero-order chi connectivity index (χ0) is 17.2. The van der Waals surface area contributed by atoms with Crippen LogP contribution in [0.1, 0.15) is 24.5 Å². The Morgan fingerprint density at radius 1 is 1.28 bits per heavy atom. The number of hydrogen-bond donors (Lipinski definition) is 0. The molecule has 0 bridgehead atoms. The lowest BCUT2D eigenvalue weighted by Crippen LogP contribution is -2.36. The number of amides is 1. The van der Waals surface area contributed by atoms with Crippen molar-refractivity contribution in [3.8, 4) is 0 Å². The summed E-state index contributed by atoms with van der Waals surface area (Å²) in [6, 6.07) is 14.7. The van der Waals surface area contributed by atoms with E-state index in [1.807, 2.05) is 17.0 Å². The smallest absolute Gasteiger partial charge is 0.237 e. The van der Waals surface area contributed by atoms with E-state index in [-0.39, 0.29) is 5.91 Å². The SMILES string of the molecule is CCc1ccc2nc(SCC(=O)N3CCCc4ccccc43)sc2c1. The predicted octanol–water partition coefficient (Wildman–Crippen LogP) is 4.93. The van der Waals surface area contributed by atoms with E-state index in [4.69, 9.17) is 0 Å². The zero-order valence-corrected chi connectivity index (χ0v) is 15.8. The van der Waals surface area contributed by atoms with Gasteiger partial charge in [0.15, 0.2) is 4.34 Å². The molecular weight excluding hydrogens is 348 g/mol. The van der Waals surface area contributed by atoms with Gasteiger partial charge in [-0.1, -0.05) is 43.0 Å². The highest BCUT2D eigenvalue weighted by atomic mass is 32.2. The van der Waals surface area contributed by atoms with E-state index in [1.165, 1.54) is 15.8 Å². The molecule has 25 heavy (non-hydrogen) atoms. The summed E-state index contributed by atoms with van der Waals surface area (Å²) in [6.45, 7) is 2.98. The molecule has 0 radical (unpaired) electrons. The average Bonchev–Trinajstić information content (AvgIpc) is 3.07. The second-order valence-corrected chi connectivity index (χ2v) is 8.45. The number of thioether (sulfide) groups is 1. The van der Waals surface area contributed by atoms with Gasteiger partial charge in [-0.2, -0.15) is 0 Å². The molecule has 1 aromatic heterocycles. The molecule has 0 N–H and O–H groups in total. The van der Waals surface area contributed by atoms with Crippen LogP contribution in [0, 0.1) is 0 Å². The number of thiazole rings is 1. The van der Waals surface area contributed by atoms with E-state index < -0.39 is 0 Å². The second kappa shape index (κ2) is 7.18. The molecule has 0 saturated heterocycles. The first kappa shape index (κ1) is 16.6. The number of carbonyl (C=O) groups excluding carboxylic acids is 1. The maximum atomic E-state index is 12.7. The Bertz CT molecular complexity index is 919. The molecule has 0 saturated carbocycles. The summed E-state index contributed by atoms with van der Waals surface area (Å²) >= 11 is 3.23. The first-order valence-electron chi connectivity index (χ1n) is 8.65. The highest BCUT2D eigenvalue weighted by molar-refractivity contribution is 8.01. The van der Waals surface area contributed by atoms with Gasteiger partial charge in [0.2, 0.25) is 5.91 Å². The van der Waals surface area contributed by atoms with Crippen LogP contribution in [0.3, 0.4) is 0 Å². The topological polar surface area (TPSA) is 33.2 Å². The fourth-order valence-electron chi connectivity index (χ4n) is 3.22. The molecule has 0 fully saturated rings. The quantitative estimate of drug-likeness (QED) is 0.612. The first-order valence-corrected chi connectivity index (χ1v) is 10.5. The van der Waals surface area contributed by atoms with E-state index in [2.05, 4.69) is 42.2 Å². The summed E-state index contributed by atoms with van der Waals surface area (Å²) in [7, 11) is 0. The van der Waals surface area contributed by atoms with Crippen molar-refractivity contribution in [2.24, 2.45) is 0 Å². The minimum absolute atomic E-state index is 0.172. The highest BCUT2D eigenvalue weighted by Gasteiger charge is 2.22. The lowest BCUT2D eigenvalue weighted by Gasteiger charge is -2.29. The normalized spacial score (nSPS) is 13.9. The molecule has 2 aromatic carbocycles. The standard InChI is InChI=1S/C20H20N2OS2/c1-2-14-9-10-16-18(12-14)25-20(21-16)24-13-19(23)22-11-5-7-15-6-3-4-8-17(15)22/h3-4,6,8-10,12H,2,5,7,11,13H2,1H3. The highest BCUT2D eigenvalue weighted by Crippen LogP contribution is 2.32. The van der Waals surface area contributed by atoms with Crippen molar-refractivity contribution in [3.05, 3.63) is 53.6 Å². The van der Waals surface area contributed by atoms with E-state index in [0.29, 0.717) is 5.75 Å². The molecule has 5 heteroatoms. The summed E-state index contributed by atoms with van der Waals surface area (Å²) in [4.78, 5) is 19.3. The molecule has 0 aliphatic carbocycles. The largest absolute Gasteiger partial charge is 0.311 e. The third-order valence-electron chi connectivity index (χ3n) is 4.57. The van der Waals surface area contributed by atoms with Crippen LogP contribution in [-0.4, -0.2) is 23.2 Å². The molecule has 1 amide bonds. The van der Waals surface area contributed by atoms with Gasteiger partial charge in [0.1, 0.15) is 0 Å². The van der Waals surface area contributed by atoms with Gasteiger partial charge >= 0.3 is 0 Å². The van der Waals surface area contributed by atoms with Crippen molar-refractivity contribution >= 4 is 44.9 Å². The van der Waals surface area contributed by atoms with Crippen LogP contribution < -0.4 is 4.90 Å². The summed E-state index contributed by atoms with van der Waals surface area (Å²) in [5, 5.41) is 0. The Balaban J connectivity index is 1.47. The van der Waals surface area contributed by atoms with Gasteiger partial charge in [-0.3, -0.25) is 4.79 Å². The first-order chi connectivity index (χ1) is 12.2. The molecule has 1 aliphatic rings. The van der Waals surface area contributed by atoms with Crippen LogP contribution in [0.5, 0.6) is 0 Å². The number of carbonyl (C=O) groups is 1. The van der Waals surface area contributed by atoms with E-state index in [1.54, 1.807) is 23.1 Å². The molecule has 0 spiro atoms. The van der Waals surface area contributed by atoms with Gasteiger partial charge < -0.3 is 4.90 Å². The lowest BCUT2D eigenvalue weighted by atomic mass is 10.0. The van der Waals surface area contributed by atoms with Gasteiger partial charge in [-0.25, -0.2) is 4.98 Å². The summed E-state index contributed by atoms with van der Waals surface area (Å²) in [5.41, 5.74) is 4.71. The van der Waals surface area contributed by atoms with Gasteiger partial charge in [-0.05, 0) is 48.6 Å². The predicted molar refractivity (Wildman–Crippen MR) is 107 cm³/mol. The molecule has 1 aliphatic heterocycles. The lowest BCUT2D eigenvalue weighted by molar-refractivity contribution is -0.116. The van der Waals surface area contributed by atoms with E-state index in [0.717, 1.165) is 41.4 Å². The zero-order valence-electron chi connectivity index (χ0n) is 14.2. The van der Waals surface area contributed by atoms with Gasteiger partial charge in [0.05, 0.1) is 16.0 Å². The number of fused-ring (bicyclic) bond motifs is 2. The van der Waals surface area contributed by atoms with E-state index in [9.17, 15) is 4.79 Å². The monoisotopic (exact) mass is 368 g/mol. The van der Waals surface area contributed by atoms with Crippen LogP contribution in [-0.2, 0) is 17.6 Å². The molecular formula is C20H20N2OS2. The van der Waals surface area contributed by atoms with Gasteiger partial charge in [0, 0.05) is 12.2 Å². The fraction of sp³-hybridized carbons (Fsp3) is 0.300. The maximum Gasteiger partial charge on any atom is 0.237 e. The van der Waals surface area contributed by atoms with Crippen LogP contribution in [0.25, 0.3) is 10.2 Å². The molecule has 2 heterocycles. The summed E-state index contributed by atoms with van der Waals surface area (Å²) < 4.78 is 2.18. The van der Waals surface area contributed by atoms with Crippen molar-refractivity contribution in [1.82, 2.24) is 4.98 Å². The van der Waals surface area contributed by atoms with E-state index >= 15 is 0 Å². The van der Waals surface area contributed by atoms with Crippen LogP contribution in [0.2, 0.25) is 0 Å². The van der Waals surface area contributed by atoms with Crippen molar-refractivity contribution in [2.45, 2.75) is 30.5 Å². The van der Waals surface area contributed by atoms with Gasteiger partial charge in [0.25, 0.3) is 0 Å². The average molecular weight is 369 g/mol. The minimum Gasteiger partial charge on any atom is -0.311 e. The van der Waals surface area contributed by atoms with Crippen LogP contribution in [0.4, 0.5) is 5.69 Å². The molecule has 128 valence electrons. The molecule has 3 aromatic rings. The van der Waals surface area contributed by atoms with Crippen molar-refractivity contribution in [2.75, 3.05) is 17.2 Å². The number of hydrogen-bond acceptors (Lipinski definition) is 4. The number of benzene rings is 2. The Kier molecular flexibility index (Phi) is 4.77. The molecule has 0 atom stereocenters. The minimum atomic E-state index is 0.172. The maximum absolute atomic E-state index is 12.7. The van der Waals surface area contributed by atoms with Crippen LogP contribution >= 0.6 is 23.1 Å². The Morgan fingerprint density at radius 2 is 2.16 bits per heavy atom. The third-order valence-corrected chi connectivity index (χ3v) is 6.72. The number of para-hydroxylation sites is 1. The van der Waals surface area contributed by atoms with Crippen molar-refractivity contribution in [3.63, 3.8) is 0 Å². The summed E-state index contributed by atoms with van der Waals surface area (Å²) in [5.74, 6) is 0.611. The number of anilines is 1. The third kappa shape index (κ3) is 3.44. The summed E-state index contributed by atoms with van der Waals surface area (Å²) in [6.07, 6.45) is 3.13. The van der Waals surface area contributed by atoms with Crippen LogP contribution in [0.15, 0.2) is 46.8 Å². The molecule has 0 unspecified atom stereocenters. The molecule has 4 rings (SSSR count). The number of nitrogens with zero attached hydrogens (tertiary/aromatic N) is 2. The fourth-order valence-corrected chi connectivity index (χ4v) is 5.23. The Labute approximate surface area is 156 Å². The number of aromatic nitrogens is 1.